The van der Waals surface area contributed by atoms with Gasteiger partial charge in [-0.25, -0.2) is 9.97 Å². The third kappa shape index (κ3) is 3.39. The Bertz CT molecular complexity index is 570. The molecule has 0 aliphatic heterocycles. The van der Waals surface area contributed by atoms with E-state index in [1.165, 1.54) is 4.90 Å². The van der Waals surface area contributed by atoms with Crippen LogP contribution in [0.5, 0.6) is 0 Å². The van der Waals surface area contributed by atoms with Crippen LogP contribution in [0.3, 0.4) is 0 Å². The van der Waals surface area contributed by atoms with Crippen molar-refractivity contribution in [2.24, 2.45) is 0 Å². The minimum Gasteiger partial charge on any atom is -0.340 e. The Kier molecular flexibility index (Phi) is 4.66. The van der Waals surface area contributed by atoms with Crippen LogP contribution in [0.2, 0.25) is 5.15 Å². The molecule has 0 spiro atoms. The van der Waals surface area contributed by atoms with E-state index in [1.54, 1.807) is 11.8 Å². The molecular weight excluding hydrogens is 278 g/mol. The third-order valence-electron chi connectivity index (χ3n) is 2.80. The van der Waals surface area contributed by atoms with Crippen LogP contribution in [-0.4, -0.2) is 16.2 Å². The normalized spacial score (nSPS) is 10.5. The summed E-state index contributed by atoms with van der Waals surface area (Å²) >= 11 is 7.84. The quantitative estimate of drug-likeness (QED) is 0.667. The number of benzene rings is 1. The summed E-state index contributed by atoms with van der Waals surface area (Å²) < 4.78 is 0. The number of rotatable bonds is 4. The van der Waals surface area contributed by atoms with E-state index in [1.807, 2.05) is 26.0 Å². The van der Waals surface area contributed by atoms with Gasteiger partial charge in [0.15, 0.2) is 0 Å². The number of aryl methyl sites for hydroxylation is 1. The Morgan fingerprint density at radius 1 is 1.21 bits per heavy atom. The Labute approximate surface area is 122 Å². The maximum atomic E-state index is 6.12. The lowest BCUT2D eigenvalue weighted by molar-refractivity contribution is 0.934. The van der Waals surface area contributed by atoms with Crippen molar-refractivity contribution in [2.45, 2.75) is 25.2 Å². The zero-order valence-corrected chi connectivity index (χ0v) is 12.8. The van der Waals surface area contributed by atoms with Gasteiger partial charge >= 0.3 is 0 Å². The van der Waals surface area contributed by atoms with Crippen molar-refractivity contribution in [3.05, 3.63) is 40.8 Å². The van der Waals surface area contributed by atoms with Crippen molar-refractivity contribution in [3.63, 3.8) is 0 Å². The van der Waals surface area contributed by atoms with Crippen LogP contribution in [0.4, 0.5) is 11.5 Å². The average Bonchev–Trinajstić information content (AvgIpc) is 2.44. The van der Waals surface area contributed by atoms with E-state index in [9.17, 15) is 0 Å². The summed E-state index contributed by atoms with van der Waals surface area (Å²) in [6, 6.07) is 8.22. The van der Waals surface area contributed by atoms with Crippen LogP contribution < -0.4 is 5.32 Å². The molecule has 100 valence electrons. The highest BCUT2D eigenvalue weighted by atomic mass is 35.5. The number of anilines is 2. The number of hydrogen-bond acceptors (Lipinski definition) is 4. The van der Waals surface area contributed by atoms with E-state index < -0.39 is 0 Å². The minimum absolute atomic E-state index is 0.509. The number of nitrogens with zero attached hydrogens (tertiary/aromatic N) is 2. The lowest BCUT2D eigenvalue weighted by Crippen LogP contribution is -2.03. The number of hydrogen-bond donors (Lipinski definition) is 1. The molecule has 1 aromatic carbocycles. The molecule has 0 aliphatic carbocycles. The standard InChI is InChI=1S/C14H16ClN3S/c1-4-12-17-13(15)9(2)14(18-12)16-10-5-7-11(19-3)8-6-10/h5-8H,4H2,1-3H3,(H,16,17,18). The van der Waals surface area contributed by atoms with Crippen molar-refractivity contribution in [3.8, 4) is 0 Å². The highest BCUT2D eigenvalue weighted by Crippen LogP contribution is 2.25. The molecular formula is C14H16ClN3S. The van der Waals surface area contributed by atoms with Crippen LogP contribution in [0.25, 0.3) is 0 Å². The van der Waals surface area contributed by atoms with Gasteiger partial charge in [-0.15, -0.1) is 11.8 Å². The third-order valence-corrected chi connectivity index (χ3v) is 3.91. The number of halogens is 1. The van der Waals surface area contributed by atoms with Crippen molar-refractivity contribution < 1.29 is 0 Å². The maximum absolute atomic E-state index is 6.12. The molecule has 1 N–H and O–H groups in total. The second-order valence-corrected chi connectivity index (χ2v) is 5.35. The van der Waals surface area contributed by atoms with Gasteiger partial charge in [0, 0.05) is 22.6 Å². The molecule has 1 aromatic heterocycles. The van der Waals surface area contributed by atoms with Gasteiger partial charge in [-0.3, -0.25) is 0 Å². The monoisotopic (exact) mass is 293 g/mol. The second kappa shape index (κ2) is 6.26. The van der Waals surface area contributed by atoms with Crippen LogP contribution in [0.1, 0.15) is 18.3 Å². The van der Waals surface area contributed by atoms with Gasteiger partial charge in [0.05, 0.1) is 0 Å². The van der Waals surface area contributed by atoms with E-state index in [4.69, 9.17) is 11.6 Å². The lowest BCUT2D eigenvalue weighted by atomic mass is 10.3. The fourth-order valence-electron chi connectivity index (χ4n) is 1.62. The summed E-state index contributed by atoms with van der Waals surface area (Å²) in [5.74, 6) is 1.52. The van der Waals surface area contributed by atoms with Crippen molar-refractivity contribution >= 4 is 34.9 Å². The molecule has 0 fully saturated rings. The van der Waals surface area contributed by atoms with Gasteiger partial charge in [-0.1, -0.05) is 18.5 Å². The van der Waals surface area contributed by atoms with Crippen molar-refractivity contribution in [1.82, 2.24) is 9.97 Å². The van der Waals surface area contributed by atoms with Gasteiger partial charge in [-0.05, 0) is 37.4 Å². The van der Waals surface area contributed by atoms with E-state index >= 15 is 0 Å². The number of nitrogens with one attached hydrogen (secondary N) is 1. The Balaban J connectivity index is 2.28. The molecule has 2 aromatic rings. The smallest absolute Gasteiger partial charge is 0.138 e. The van der Waals surface area contributed by atoms with Crippen LogP contribution in [0, 0.1) is 6.92 Å². The van der Waals surface area contributed by atoms with E-state index in [-0.39, 0.29) is 0 Å². The Hall–Kier alpha value is -1.26. The first-order chi connectivity index (χ1) is 9.13. The van der Waals surface area contributed by atoms with Gasteiger partial charge in [0.1, 0.15) is 16.8 Å². The van der Waals surface area contributed by atoms with Crippen LogP contribution in [-0.2, 0) is 6.42 Å². The highest BCUT2D eigenvalue weighted by molar-refractivity contribution is 7.98. The Morgan fingerprint density at radius 2 is 1.89 bits per heavy atom. The summed E-state index contributed by atoms with van der Waals surface area (Å²) in [7, 11) is 0. The van der Waals surface area contributed by atoms with Gasteiger partial charge < -0.3 is 5.32 Å². The van der Waals surface area contributed by atoms with E-state index in [2.05, 4.69) is 33.7 Å². The van der Waals surface area contributed by atoms with Crippen molar-refractivity contribution in [1.29, 1.82) is 0 Å². The summed E-state index contributed by atoms with van der Waals surface area (Å²) in [4.78, 5) is 9.94. The van der Waals surface area contributed by atoms with Gasteiger partial charge in [-0.2, -0.15) is 0 Å². The predicted molar refractivity (Wildman–Crippen MR) is 82.7 cm³/mol. The molecule has 0 saturated carbocycles. The largest absolute Gasteiger partial charge is 0.340 e. The molecule has 0 radical (unpaired) electrons. The van der Waals surface area contributed by atoms with Gasteiger partial charge in [0.2, 0.25) is 0 Å². The summed E-state index contributed by atoms with van der Waals surface area (Å²) in [5.41, 5.74) is 1.87. The molecule has 0 unspecified atom stereocenters. The van der Waals surface area contributed by atoms with Crippen LogP contribution in [0.15, 0.2) is 29.2 Å². The highest BCUT2D eigenvalue weighted by Gasteiger charge is 2.08. The van der Waals surface area contributed by atoms with Crippen LogP contribution >= 0.6 is 23.4 Å². The predicted octanol–water partition coefficient (Wildman–Crippen LogP) is 4.47. The fraction of sp³-hybridized carbons (Fsp3) is 0.286. The lowest BCUT2D eigenvalue weighted by Gasteiger charge is -2.11. The maximum Gasteiger partial charge on any atom is 0.138 e. The average molecular weight is 294 g/mol. The molecule has 0 bridgehead atoms. The first-order valence-electron chi connectivity index (χ1n) is 6.08. The van der Waals surface area contributed by atoms with Crippen molar-refractivity contribution in [2.75, 3.05) is 11.6 Å². The fourth-order valence-corrected chi connectivity index (χ4v) is 2.22. The molecule has 19 heavy (non-hydrogen) atoms. The molecule has 0 saturated heterocycles. The molecule has 2 rings (SSSR count). The minimum atomic E-state index is 0.509. The first-order valence-corrected chi connectivity index (χ1v) is 7.68. The zero-order chi connectivity index (χ0) is 13.8. The molecule has 5 heteroatoms. The zero-order valence-electron chi connectivity index (χ0n) is 11.2. The molecule has 3 nitrogen and oxygen atoms in total. The number of thioether (sulfide) groups is 1. The van der Waals surface area contributed by atoms with E-state index in [0.29, 0.717) is 5.15 Å². The van der Waals surface area contributed by atoms with E-state index in [0.717, 1.165) is 29.3 Å². The SMILES string of the molecule is CCc1nc(Cl)c(C)c(Nc2ccc(SC)cc2)n1. The summed E-state index contributed by atoms with van der Waals surface area (Å²) in [6.45, 7) is 3.93. The summed E-state index contributed by atoms with van der Waals surface area (Å²) in [5, 5.41) is 3.80. The first kappa shape index (κ1) is 14.2. The molecule has 0 amide bonds. The Morgan fingerprint density at radius 3 is 2.47 bits per heavy atom. The van der Waals surface area contributed by atoms with Gasteiger partial charge in [0.25, 0.3) is 0 Å². The molecule has 0 aliphatic rings. The molecule has 1 heterocycles. The summed E-state index contributed by atoms with van der Waals surface area (Å²) in [6.07, 6.45) is 2.82. The molecule has 0 atom stereocenters. The number of aromatic nitrogens is 2. The topological polar surface area (TPSA) is 37.8 Å². The second-order valence-electron chi connectivity index (χ2n) is 4.11.